The number of ether oxygens (including phenoxy) is 1. The number of benzene rings is 3. The second kappa shape index (κ2) is 5.29. The Balaban J connectivity index is 1.87. The molecule has 128 valence electrons. The summed E-state index contributed by atoms with van der Waals surface area (Å²) in [7, 11) is 0. The van der Waals surface area contributed by atoms with Gasteiger partial charge in [-0.25, -0.2) is 0 Å². The zero-order valence-corrected chi connectivity index (χ0v) is 14.8. The van der Waals surface area contributed by atoms with Crippen LogP contribution in [-0.4, -0.2) is 11.2 Å². The van der Waals surface area contributed by atoms with Gasteiger partial charge in [-0.15, -0.1) is 11.6 Å². The first-order chi connectivity index (χ1) is 12.7. The van der Waals surface area contributed by atoms with Crippen LogP contribution in [0.1, 0.15) is 28.7 Å². The average molecular weight is 361 g/mol. The standard InChI is InChI=1S/C23H17ClO2/c24-21(16-25)15-22(17-9-3-1-4-10-17)19-13-7-8-14-20(19)23(21,26-22)18-11-5-2-6-12-18/h1-14,16H,15H2. The lowest BCUT2D eigenvalue weighted by Gasteiger charge is -2.38. The Morgan fingerprint density at radius 2 is 1.31 bits per heavy atom. The minimum absolute atomic E-state index is 0.404. The zero-order valence-electron chi connectivity index (χ0n) is 14.1. The smallest absolute Gasteiger partial charge is 0.146 e. The topological polar surface area (TPSA) is 26.3 Å². The molecule has 0 N–H and O–H groups in total. The van der Waals surface area contributed by atoms with Gasteiger partial charge in [0.2, 0.25) is 0 Å². The molecule has 2 bridgehead atoms. The summed E-state index contributed by atoms with van der Waals surface area (Å²) in [5, 5.41) is 0. The van der Waals surface area contributed by atoms with Gasteiger partial charge in [0, 0.05) is 6.42 Å². The van der Waals surface area contributed by atoms with Gasteiger partial charge in [0.1, 0.15) is 22.4 Å². The van der Waals surface area contributed by atoms with Crippen LogP contribution in [0.5, 0.6) is 0 Å². The Morgan fingerprint density at radius 3 is 1.92 bits per heavy atom. The molecule has 3 aromatic rings. The van der Waals surface area contributed by atoms with Crippen LogP contribution in [0.3, 0.4) is 0 Å². The van der Waals surface area contributed by atoms with Crippen molar-refractivity contribution in [1.82, 2.24) is 0 Å². The van der Waals surface area contributed by atoms with Crippen molar-refractivity contribution in [2.45, 2.75) is 22.5 Å². The predicted molar refractivity (Wildman–Crippen MR) is 101 cm³/mol. The molecule has 1 fully saturated rings. The fraction of sp³-hybridized carbons (Fsp3) is 0.174. The second-order valence-electron chi connectivity index (χ2n) is 7.04. The maximum atomic E-state index is 12.3. The summed E-state index contributed by atoms with van der Waals surface area (Å²) in [6, 6.07) is 28.0. The summed E-state index contributed by atoms with van der Waals surface area (Å²) < 4.78 is 6.83. The van der Waals surface area contributed by atoms with E-state index in [1.807, 2.05) is 78.9 Å². The third kappa shape index (κ3) is 1.74. The van der Waals surface area contributed by atoms with E-state index in [0.717, 1.165) is 28.5 Å². The van der Waals surface area contributed by atoms with E-state index in [-0.39, 0.29) is 0 Å². The van der Waals surface area contributed by atoms with Crippen molar-refractivity contribution in [1.29, 1.82) is 0 Å². The number of rotatable bonds is 3. The van der Waals surface area contributed by atoms with Crippen LogP contribution in [0, 0.1) is 0 Å². The maximum absolute atomic E-state index is 12.3. The minimum Gasteiger partial charge on any atom is -0.347 e. The van der Waals surface area contributed by atoms with E-state index < -0.39 is 16.1 Å². The third-order valence-electron chi connectivity index (χ3n) is 5.77. The lowest BCUT2D eigenvalue weighted by atomic mass is 9.66. The Hall–Kier alpha value is -2.42. The van der Waals surface area contributed by atoms with E-state index in [9.17, 15) is 4.79 Å². The molecule has 3 atom stereocenters. The maximum Gasteiger partial charge on any atom is 0.146 e. The molecule has 0 amide bonds. The van der Waals surface area contributed by atoms with Crippen molar-refractivity contribution in [3.63, 3.8) is 0 Å². The largest absolute Gasteiger partial charge is 0.347 e. The molecule has 0 radical (unpaired) electrons. The molecule has 26 heavy (non-hydrogen) atoms. The van der Waals surface area contributed by atoms with E-state index in [0.29, 0.717) is 6.42 Å². The van der Waals surface area contributed by atoms with Crippen molar-refractivity contribution >= 4 is 17.9 Å². The van der Waals surface area contributed by atoms with Gasteiger partial charge in [-0.3, -0.25) is 0 Å². The van der Waals surface area contributed by atoms with Crippen molar-refractivity contribution in [2.24, 2.45) is 0 Å². The molecule has 2 aliphatic rings. The highest BCUT2D eigenvalue weighted by Crippen LogP contribution is 2.68. The van der Waals surface area contributed by atoms with Crippen LogP contribution in [0.15, 0.2) is 84.9 Å². The first kappa shape index (κ1) is 15.8. The van der Waals surface area contributed by atoms with Gasteiger partial charge < -0.3 is 9.53 Å². The fourth-order valence-electron chi connectivity index (χ4n) is 4.72. The summed E-state index contributed by atoms with van der Waals surface area (Å²) in [5.74, 6) is 0. The predicted octanol–water partition coefficient (Wildman–Crippen LogP) is 4.78. The number of hydrogen-bond acceptors (Lipinski definition) is 2. The van der Waals surface area contributed by atoms with E-state index in [2.05, 4.69) is 6.07 Å². The van der Waals surface area contributed by atoms with Gasteiger partial charge in [-0.05, 0) is 22.3 Å². The number of carbonyl (C=O) groups is 1. The summed E-state index contributed by atoms with van der Waals surface area (Å²) in [6.07, 6.45) is 1.27. The van der Waals surface area contributed by atoms with Crippen LogP contribution in [0.25, 0.3) is 0 Å². The van der Waals surface area contributed by atoms with Gasteiger partial charge in [-0.2, -0.15) is 0 Å². The van der Waals surface area contributed by atoms with Crippen LogP contribution in [-0.2, 0) is 20.7 Å². The van der Waals surface area contributed by atoms with Crippen molar-refractivity contribution in [3.8, 4) is 0 Å². The first-order valence-electron chi connectivity index (χ1n) is 8.73. The Kier molecular flexibility index (Phi) is 3.22. The summed E-state index contributed by atoms with van der Waals surface area (Å²) >= 11 is 7.02. The number of hydrogen-bond donors (Lipinski definition) is 0. The number of fused-ring (bicyclic) bond motifs is 5. The quantitative estimate of drug-likeness (QED) is 0.496. The molecule has 2 heterocycles. The lowest BCUT2D eigenvalue weighted by Crippen LogP contribution is -2.47. The van der Waals surface area contributed by atoms with Gasteiger partial charge in [0.15, 0.2) is 0 Å². The van der Waals surface area contributed by atoms with E-state index in [4.69, 9.17) is 16.3 Å². The highest BCUT2D eigenvalue weighted by Gasteiger charge is 2.72. The third-order valence-corrected chi connectivity index (χ3v) is 6.26. The second-order valence-corrected chi connectivity index (χ2v) is 7.72. The highest BCUT2D eigenvalue weighted by molar-refractivity contribution is 6.33. The number of alkyl halides is 1. The molecular weight excluding hydrogens is 344 g/mol. The summed E-state index contributed by atoms with van der Waals surface area (Å²) in [5.41, 5.74) is 2.27. The van der Waals surface area contributed by atoms with Crippen LogP contribution in [0.4, 0.5) is 0 Å². The Labute approximate surface area is 157 Å². The molecular formula is C23H17ClO2. The molecule has 2 aliphatic heterocycles. The number of halogens is 1. The van der Waals surface area contributed by atoms with Gasteiger partial charge >= 0.3 is 0 Å². The van der Waals surface area contributed by atoms with E-state index >= 15 is 0 Å². The highest BCUT2D eigenvalue weighted by atomic mass is 35.5. The summed E-state index contributed by atoms with van der Waals surface area (Å²) in [4.78, 5) is 11.1. The van der Waals surface area contributed by atoms with E-state index in [1.165, 1.54) is 0 Å². The first-order valence-corrected chi connectivity index (χ1v) is 9.11. The average Bonchev–Trinajstić information content (AvgIpc) is 3.18. The molecule has 0 spiro atoms. The molecule has 3 aromatic carbocycles. The molecule has 0 aliphatic carbocycles. The molecule has 5 rings (SSSR count). The minimum atomic E-state index is -1.17. The van der Waals surface area contributed by atoms with Crippen LogP contribution in [0.2, 0.25) is 0 Å². The normalized spacial score (nSPS) is 31.6. The zero-order chi connectivity index (χ0) is 17.8. The molecule has 2 nitrogen and oxygen atoms in total. The monoisotopic (exact) mass is 360 g/mol. The van der Waals surface area contributed by atoms with Crippen molar-refractivity contribution in [2.75, 3.05) is 0 Å². The number of aldehydes is 1. The fourth-order valence-corrected chi connectivity index (χ4v) is 5.15. The molecule has 0 aromatic heterocycles. The van der Waals surface area contributed by atoms with Gasteiger partial charge in [-0.1, -0.05) is 84.9 Å². The van der Waals surface area contributed by atoms with Crippen LogP contribution < -0.4 is 0 Å². The molecule has 0 saturated carbocycles. The van der Waals surface area contributed by atoms with Gasteiger partial charge in [0.25, 0.3) is 0 Å². The van der Waals surface area contributed by atoms with Crippen molar-refractivity contribution < 1.29 is 9.53 Å². The summed E-state index contributed by atoms with van der Waals surface area (Å²) in [6.45, 7) is 0. The molecule has 3 heteroatoms. The van der Waals surface area contributed by atoms with Gasteiger partial charge in [0.05, 0.1) is 0 Å². The lowest BCUT2D eigenvalue weighted by molar-refractivity contribution is -0.114. The van der Waals surface area contributed by atoms with Crippen LogP contribution >= 0.6 is 11.6 Å². The van der Waals surface area contributed by atoms with Crippen molar-refractivity contribution in [3.05, 3.63) is 107 Å². The Bertz CT molecular complexity index is 987. The molecule has 3 unspecified atom stereocenters. The number of carbonyl (C=O) groups excluding carboxylic acids is 1. The molecule has 1 saturated heterocycles. The van der Waals surface area contributed by atoms with E-state index in [1.54, 1.807) is 0 Å². The SMILES string of the molecule is O=CC1(Cl)CC2(c3ccccc3)OC1(c1ccccc1)c1ccccc12. The Morgan fingerprint density at radius 1 is 0.769 bits per heavy atom.